The van der Waals surface area contributed by atoms with Crippen molar-refractivity contribution in [2.24, 2.45) is 0 Å². The van der Waals surface area contributed by atoms with Crippen molar-refractivity contribution in [2.75, 3.05) is 5.75 Å². The summed E-state index contributed by atoms with van der Waals surface area (Å²) in [7, 11) is -3.53. The molecule has 112 valence electrons. The number of Topliss-reactive ketones (excluding diaryl/α,β-unsaturated/α-hetero) is 1. The summed E-state index contributed by atoms with van der Waals surface area (Å²) in [6, 6.07) is 8.15. The van der Waals surface area contributed by atoms with E-state index in [-0.39, 0.29) is 5.75 Å². The largest absolute Gasteiger partial charge is 0.293 e. The lowest BCUT2D eigenvalue weighted by atomic mass is 10.2. The molecule has 0 amide bonds. The van der Waals surface area contributed by atoms with Gasteiger partial charge in [0.2, 0.25) is 0 Å². The zero-order valence-corrected chi connectivity index (χ0v) is 16.0. The van der Waals surface area contributed by atoms with Crippen LogP contribution in [0.25, 0.3) is 0 Å². The summed E-state index contributed by atoms with van der Waals surface area (Å²) in [6.07, 6.45) is 0. The second kappa shape index (κ2) is 6.91. The molecule has 0 aliphatic carbocycles. The zero-order valence-electron chi connectivity index (χ0n) is 10.5. The smallest absolute Gasteiger partial charge is 0.179 e. The Labute approximate surface area is 148 Å². The molecule has 0 saturated carbocycles. The first kappa shape index (κ1) is 17.1. The van der Waals surface area contributed by atoms with E-state index < -0.39 is 21.4 Å². The number of rotatable bonds is 5. The minimum Gasteiger partial charge on any atom is -0.293 e. The number of hydrogen-bond acceptors (Lipinski definition) is 4. The van der Waals surface area contributed by atoms with Crippen LogP contribution in [0.4, 0.5) is 0 Å². The van der Waals surface area contributed by atoms with Gasteiger partial charge in [-0.3, -0.25) is 4.79 Å². The van der Waals surface area contributed by atoms with Crippen molar-refractivity contribution >= 4 is 70.4 Å². The van der Waals surface area contributed by atoms with Crippen LogP contribution in [0.3, 0.4) is 0 Å². The highest BCUT2D eigenvalue weighted by Crippen LogP contribution is 2.32. The Morgan fingerprint density at radius 1 is 1.19 bits per heavy atom. The number of ketones is 1. The second-order valence-electron chi connectivity index (χ2n) is 4.32. The number of carbonyl (C=O) groups excluding carboxylic acids is 1. The molecule has 21 heavy (non-hydrogen) atoms. The van der Waals surface area contributed by atoms with Crippen LogP contribution in [0.1, 0.15) is 15.9 Å². The number of sulfone groups is 1. The first-order valence-corrected chi connectivity index (χ1v) is 10.3. The highest BCUT2D eigenvalue weighted by atomic mass is 79.9. The minimum atomic E-state index is -3.53. The Morgan fingerprint density at radius 3 is 2.33 bits per heavy atom. The average Bonchev–Trinajstić information content (AvgIpc) is 2.70. The summed E-state index contributed by atoms with van der Waals surface area (Å²) < 4.78 is 25.6. The summed E-state index contributed by atoms with van der Waals surface area (Å²) >= 11 is 13.6. The van der Waals surface area contributed by atoms with E-state index in [2.05, 4.69) is 31.9 Å². The standard InChI is InChI=1S/C13H9Br2ClO3S2/c14-12-5-10(13(15)20-12)11(17)7-21(18,19)6-8-1-3-9(16)4-2-8/h1-5H,6-7H2. The van der Waals surface area contributed by atoms with E-state index in [4.69, 9.17) is 11.6 Å². The van der Waals surface area contributed by atoms with E-state index in [1.165, 1.54) is 11.3 Å². The van der Waals surface area contributed by atoms with Crippen molar-refractivity contribution in [1.29, 1.82) is 0 Å². The van der Waals surface area contributed by atoms with Crippen LogP contribution < -0.4 is 0 Å². The maximum absolute atomic E-state index is 12.1. The molecule has 0 aliphatic heterocycles. The molecule has 0 radical (unpaired) electrons. The third kappa shape index (κ3) is 4.89. The van der Waals surface area contributed by atoms with Crippen LogP contribution in [0.5, 0.6) is 0 Å². The first-order chi connectivity index (χ1) is 9.77. The van der Waals surface area contributed by atoms with Crippen LogP contribution in [-0.2, 0) is 15.6 Å². The van der Waals surface area contributed by atoms with E-state index in [1.54, 1.807) is 30.3 Å². The van der Waals surface area contributed by atoms with Crippen molar-refractivity contribution in [1.82, 2.24) is 0 Å². The molecule has 2 aromatic rings. The van der Waals surface area contributed by atoms with E-state index >= 15 is 0 Å². The number of benzene rings is 1. The van der Waals surface area contributed by atoms with Gasteiger partial charge in [-0.15, -0.1) is 11.3 Å². The van der Waals surface area contributed by atoms with Crippen LogP contribution in [0, 0.1) is 0 Å². The third-order valence-electron chi connectivity index (χ3n) is 2.61. The Morgan fingerprint density at radius 2 is 1.81 bits per heavy atom. The van der Waals surface area contributed by atoms with Gasteiger partial charge in [-0.25, -0.2) is 8.42 Å². The summed E-state index contributed by atoms with van der Waals surface area (Å²) in [4.78, 5) is 12.1. The monoisotopic (exact) mass is 470 g/mol. The molecule has 0 spiro atoms. The number of hydrogen-bond donors (Lipinski definition) is 0. The van der Waals surface area contributed by atoms with E-state index in [0.29, 0.717) is 19.9 Å². The molecule has 0 atom stereocenters. The first-order valence-electron chi connectivity index (χ1n) is 5.70. The Kier molecular flexibility index (Phi) is 5.65. The normalized spacial score (nSPS) is 11.6. The molecule has 3 nitrogen and oxygen atoms in total. The Bertz CT molecular complexity index is 767. The Balaban J connectivity index is 2.12. The number of thiophene rings is 1. The maximum Gasteiger partial charge on any atom is 0.179 e. The molecule has 1 heterocycles. The third-order valence-corrected chi connectivity index (χ3v) is 6.67. The van der Waals surface area contributed by atoms with Crippen molar-refractivity contribution in [2.45, 2.75) is 5.75 Å². The molecule has 0 fully saturated rings. The summed E-state index contributed by atoms with van der Waals surface area (Å²) in [5.41, 5.74) is 0.990. The van der Waals surface area contributed by atoms with Crippen LogP contribution in [0.2, 0.25) is 5.02 Å². The molecule has 0 unspecified atom stereocenters. The lowest BCUT2D eigenvalue weighted by molar-refractivity contribution is 0.102. The van der Waals surface area contributed by atoms with E-state index in [9.17, 15) is 13.2 Å². The van der Waals surface area contributed by atoms with Crippen molar-refractivity contribution in [3.63, 3.8) is 0 Å². The fraction of sp³-hybridized carbons (Fsp3) is 0.154. The van der Waals surface area contributed by atoms with Gasteiger partial charge in [0.1, 0.15) is 5.75 Å². The predicted octanol–water partition coefficient (Wildman–Crippen LogP) is 4.72. The van der Waals surface area contributed by atoms with Gasteiger partial charge < -0.3 is 0 Å². The van der Waals surface area contributed by atoms with Crippen molar-refractivity contribution < 1.29 is 13.2 Å². The second-order valence-corrected chi connectivity index (χ2v) is 10.6. The van der Waals surface area contributed by atoms with Gasteiger partial charge in [-0.1, -0.05) is 23.7 Å². The predicted molar refractivity (Wildman–Crippen MR) is 93.0 cm³/mol. The highest BCUT2D eigenvalue weighted by molar-refractivity contribution is 9.12. The van der Waals surface area contributed by atoms with Crippen molar-refractivity contribution in [3.05, 3.63) is 54.1 Å². The van der Waals surface area contributed by atoms with Gasteiger partial charge in [0.05, 0.1) is 13.3 Å². The van der Waals surface area contributed by atoms with Crippen molar-refractivity contribution in [3.8, 4) is 0 Å². The highest BCUT2D eigenvalue weighted by Gasteiger charge is 2.21. The van der Waals surface area contributed by atoms with Crippen LogP contribution >= 0.6 is 54.8 Å². The molecule has 0 bridgehead atoms. The quantitative estimate of drug-likeness (QED) is 0.592. The molecular weight excluding hydrogens is 464 g/mol. The maximum atomic E-state index is 12.1. The number of halogens is 3. The molecule has 0 saturated heterocycles. The topological polar surface area (TPSA) is 51.2 Å². The average molecular weight is 473 g/mol. The molecule has 0 aliphatic rings. The fourth-order valence-corrected chi connectivity index (χ4v) is 6.03. The molecule has 0 N–H and O–H groups in total. The lowest BCUT2D eigenvalue weighted by Crippen LogP contribution is -2.17. The summed E-state index contributed by atoms with van der Waals surface area (Å²) in [6.45, 7) is 0. The molecular formula is C13H9Br2ClO3S2. The van der Waals surface area contributed by atoms with Gasteiger partial charge in [-0.05, 0) is 55.6 Å². The van der Waals surface area contributed by atoms with Gasteiger partial charge in [0, 0.05) is 10.6 Å². The van der Waals surface area contributed by atoms with Gasteiger partial charge in [-0.2, -0.15) is 0 Å². The van der Waals surface area contributed by atoms with Crippen LogP contribution in [0.15, 0.2) is 37.9 Å². The lowest BCUT2D eigenvalue weighted by Gasteiger charge is -2.04. The van der Waals surface area contributed by atoms with Gasteiger partial charge in [0.15, 0.2) is 15.6 Å². The van der Waals surface area contributed by atoms with Crippen LogP contribution in [-0.4, -0.2) is 20.0 Å². The summed E-state index contributed by atoms with van der Waals surface area (Å²) in [5.74, 6) is -1.12. The van der Waals surface area contributed by atoms with Gasteiger partial charge >= 0.3 is 0 Å². The molecule has 1 aromatic carbocycles. The fourth-order valence-electron chi connectivity index (χ4n) is 1.69. The molecule has 8 heteroatoms. The molecule has 2 rings (SSSR count). The Hall–Kier alpha value is -0.210. The SMILES string of the molecule is O=C(CS(=O)(=O)Cc1ccc(Cl)cc1)c1cc(Br)sc1Br. The zero-order chi connectivity index (χ0) is 15.6. The van der Waals surface area contributed by atoms with E-state index in [1.807, 2.05) is 0 Å². The van der Waals surface area contributed by atoms with Gasteiger partial charge in [0.25, 0.3) is 0 Å². The van der Waals surface area contributed by atoms with E-state index in [0.717, 1.165) is 3.79 Å². The minimum absolute atomic E-state index is 0.182. The molecule has 1 aromatic heterocycles. The number of carbonyl (C=O) groups is 1. The summed E-state index contributed by atoms with van der Waals surface area (Å²) in [5, 5.41) is 0.541.